The number of hydrogen-bond acceptors (Lipinski definition) is 1. The second-order valence-electron chi connectivity index (χ2n) is 3.90. The van der Waals surface area contributed by atoms with Crippen LogP contribution in [0.25, 0.3) is 0 Å². The van der Waals surface area contributed by atoms with Gasteiger partial charge in [-0.05, 0) is 42.3 Å². The van der Waals surface area contributed by atoms with Gasteiger partial charge in [-0.3, -0.25) is 0 Å². The van der Waals surface area contributed by atoms with Crippen LogP contribution in [-0.2, 0) is 5.33 Å². The zero-order valence-corrected chi connectivity index (χ0v) is 12.8. The first-order chi connectivity index (χ1) is 8.60. The SMILES string of the molecule is Cc1cc(Oc2cc(Cl)ccc2Cl)ccc1CBr. The molecule has 0 spiro atoms. The van der Waals surface area contributed by atoms with Crippen molar-refractivity contribution in [1.29, 1.82) is 0 Å². The van der Waals surface area contributed by atoms with Gasteiger partial charge < -0.3 is 4.74 Å². The minimum Gasteiger partial charge on any atom is -0.456 e. The van der Waals surface area contributed by atoms with Gasteiger partial charge >= 0.3 is 0 Å². The highest BCUT2D eigenvalue weighted by Crippen LogP contribution is 2.32. The molecular weight excluding hydrogens is 335 g/mol. The van der Waals surface area contributed by atoms with Gasteiger partial charge in [-0.2, -0.15) is 0 Å². The maximum Gasteiger partial charge on any atom is 0.147 e. The predicted molar refractivity (Wildman–Crippen MR) is 80.3 cm³/mol. The van der Waals surface area contributed by atoms with Crippen LogP contribution in [-0.4, -0.2) is 0 Å². The van der Waals surface area contributed by atoms with Gasteiger partial charge in [0.2, 0.25) is 0 Å². The van der Waals surface area contributed by atoms with Crippen molar-refractivity contribution in [2.24, 2.45) is 0 Å². The number of aryl methyl sites for hydroxylation is 1. The van der Waals surface area contributed by atoms with Gasteiger partial charge in [0, 0.05) is 16.4 Å². The Morgan fingerprint density at radius 2 is 1.89 bits per heavy atom. The monoisotopic (exact) mass is 344 g/mol. The molecule has 94 valence electrons. The summed E-state index contributed by atoms with van der Waals surface area (Å²) in [4.78, 5) is 0. The molecular formula is C14H11BrCl2O. The van der Waals surface area contributed by atoms with Gasteiger partial charge in [-0.1, -0.05) is 45.2 Å². The first-order valence-electron chi connectivity index (χ1n) is 5.38. The van der Waals surface area contributed by atoms with Gasteiger partial charge in [0.1, 0.15) is 11.5 Å². The summed E-state index contributed by atoms with van der Waals surface area (Å²) in [5.74, 6) is 1.32. The molecule has 0 atom stereocenters. The smallest absolute Gasteiger partial charge is 0.147 e. The molecule has 0 amide bonds. The van der Waals surface area contributed by atoms with E-state index in [-0.39, 0.29) is 0 Å². The van der Waals surface area contributed by atoms with E-state index in [1.54, 1.807) is 18.2 Å². The largest absolute Gasteiger partial charge is 0.456 e. The highest BCUT2D eigenvalue weighted by molar-refractivity contribution is 9.08. The van der Waals surface area contributed by atoms with Gasteiger partial charge in [-0.25, -0.2) is 0 Å². The highest BCUT2D eigenvalue weighted by atomic mass is 79.9. The Labute approximate surface area is 125 Å². The van der Waals surface area contributed by atoms with Crippen molar-refractivity contribution in [1.82, 2.24) is 0 Å². The van der Waals surface area contributed by atoms with Crippen LogP contribution >= 0.6 is 39.1 Å². The Bertz CT molecular complexity index is 570. The fourth-order valence-electron chi connectivity index (χ4n) is 1.56. The third-order valence-corrected chi connectivity index (χ3v) is 3.73. The van der Waals surface area contributed by atoms with Crippen LogP contribution < -0.4 is 4.74 Å². The molecule has 0 bridgehead atoms. The fraction of sp³-hybridized carbons (Fsp3) is 0.143. The minimum atomic E-state index is 0.543. The third-order valence-electron chi connectivity index (χ3n) is 2.58. The van der Waals surface area contributed by atoms with Crippen LogP contribution in [0.3, 0.4) is 0 Å². The number of hydrogen-bond donors (Lipinski definition) is 0. The molecule has 0 aliphatic rings. The normalized spacial score (nSPS) is 10.4. The van der Waals surface area contributed by atoms with Crippen molar-refractivity contribution in [3.05, 3.63) is 57.6 Å². The van der Waals surface area contributed by atoms with Crippen LogP contribution in [0.5, 0.6) is 11.5 Å². The first kappa shape index (κ1) is 13.7. The van der Waals surface area contributed by atoms with Crippen LogP contribution in [0.1, 0.15) is 11.1 Å². The predicted octanol–water partition coefficient (Wildman–Crippen LogP) is 5.99. The molecule has 18 heavy (non-hydrogen) atoms. The number of halogens is 3. The molecule has 0 saturated heterocycles. The fourth-order valence-corrected chi connectivity index (χ4v) is 2.51. The Morgan fingerprint density at radius 1 is 1.11 bits per heavy atom. The van der Waals surface area contributed by atoms with E-state index in [2.05, 4.69) is 15.9 Å². The lowest BCUT2D eigenvalue weighted by Gasteiger charge is -2.10. The lowest BCUT2D eigenvalue weighted by molar-refractivity contribution is 0.482. The molecule has 0 radical (unpaired) electrons. The molecule has 2 aromatic carbocycles. The van der Waals surface area contributed by atoms with E-state index < -0.39 is 0 Å². The maximum atomic E-state index is 6.05. The topological polar surface area (TPSA) is 9.23 Å². The summed E-state index contributed by atoms with van der Waals surface area (Å²) in [5, 5.41) is 1.97. The number of benzene rings is 2. The van der Waals surface area contributed by atoms with E-state index in [1.165, 1.54) is 11.1 Å². The Kier molecular flexibility index (Phi) is 4.55. The summed E-state index contributed by atoms with van der Waals surface area (Å²) >= 11 is 15.4. The quantitative estimate of drug-likeness (QED) is 0.621. The summed E-state index contributed by atoms with van der Waals surface area (Å²) in [6.45, 7) is 2.04. The van der Waals surface area contributed by atoms with E-state index in [9.17, 15) is 0 Å². The molecule has 0 aliphatic heterocycles. The molecule has 1 nitrogen and oxygen atoms in total. The second kappa shape index (κ2) is 5.96. The number of rotatable bonds is 3. The van der Waals surface area contributed by atoms with Gasteiger partial charge in [-0.15, -0.1) is 0 Å². The molecule has 4 heteroatoms. The Balaban J connectivity index is 2.28. The van der Waals surface area contributed by atoms with E-state index in [0.29, 0.717) is 15.8 Å². The van der Waals surface area contributed by atoms with Crippen LogP contribution in [0.4, 0.5) is 0 Å². The van der Waals surface area contributed by atoms with Crippen molar-refractivity contribution in [2.45, 2.75) is 12.3 Å². The highest BCUT2D eigenvalue weighted by Gasteiger charge is 2.05. The standard InChI is InChI=1S/C14H11BrCl2O/c1-9-6-12(4-2-10(9)8-15)18-14-7-11(16)3-5-13(14)17/h2-7H,8H2,1H3. The molecule has 0 fully saturated rings. The number of alkyl halides is 1. The summed E-state index contributed by atoms with van der Waals surface area (Å²) < 4.78 is 5.74. The summed E-state index contributed by atoms with van der Waals surface area (Å²) in [7, 11) is 0. The zero-order chi connectivity index (χ0) is 13.1. The van der Waals surface area contributed by atoms with Crippen molar-refractivity contribution in [3.63, 3.8) is 0 Å². The van der Waals surface area contributed by atoms with E-state index in [1.807, 2.05) is 25.1 Å². The molecule has 2 rings (SSSR count). The zero-order valence-electron chi connectivity index (χ0n) is 9.71. The Morgan fingerprint density at radius 3 is 2.56 bits per heavy atom. The van der Waals surface area contributed by atoms with Crippen LogP contribution in [0, 0.1) is 6.92 Å². The van der Waals surface area contributed by atoms with Crippen LogP contribution in [0.2, 0.25) is 10.0 Å². The molecule has 0 saturated carbocycles. The number of ether oxygens (including phenoxy) is 1. The lowest BCUT2D eigenvalue weighted by atomic mass is 10.1. The average molecular weight is 346 g/mol. The summed E-state index contributed by atoms with van der Waals surface area (Å²) in [6.07, 6.45) is 0. The van der Waals surface area contributed by atoms with Gasteiger partial charge in [0.25, 0.3) is 0 Å². The maximum absolute atomic E-state index is 6.05. The minimum absolute atomic E-state index is 0.543. The summed E-state index contributed by atoms with van der Waals surface area (Å²) in [5.41, 5.74) is 2.40. The van der Waals surface area contributed by atoms with Crippen LogP contribution in [0.15, 0.2) is 36.4 Å². The molecule has 2 aromatic rings. The summed E-state index contributed by atoms with van der Waals surface area (Å²) in [6, 6.07) is 11.1. The second-order valence-corrected chi connectivity index (χ2v) is 5.30. The molecule has 0 heterocycles. The molecule has 0 unspecified atom stereocenters. The van der Waals surface area contributed by atoms with E-state index in [0.717, 1.165) is 11.1 Å². The van der Waals surface area contributed by atoms with Gasteiger partial charge in [0.05, 0.1) is 5.02 Å². The Hall–Kier alpha value is -0.700. The van der Waals surface area contributed by atoms with Crippen molar-refractivity contribution < 1.29 is 4.74 Å². The molecule has 0 aromatic heterocycles. The van der Waals surface area contributed by atoms with Gasteiger partial charge in [0.15, 0.2) is 0 Å². The van der Waals surface area contributed by atoms with Crippen molar-refractivity contribution in [3.8, 4) is 11.5 Å². The lowest BCUT2D eigenvalue weighted by Crippen LogP contribution is -1.89. The first-order valence-corrected chi connectivity index (χ1v) is 7.26. The molecule has 0 aliphatic carbocycles. The third kappa shape index (κ3) is 3.19. The molecule has 0 N–H and O–H groups in total. The van der Waals surface area contributed by atoms with E-state index in [4.69, 9.17) is 27.9 Å². The van der Waals surface area contributed by atoms with Crippen molar-refractivity contribution in [2.75, 3.05) is 0 Å². The average Bonchev–Trinajstić information content (AvgIpc) is 2.34. The van der Waals surface area contributed by atoms with Crippen molar-refractivity contribution >= 4 is 39.1 Å². The van der Waals surface area contributed by atoms with E-state index >= 15 is 0 Å².